The number of carbonyl (C=O) groups is 3. The summed E-state index contributed by atoms with van der Waals surface area (Å²) < 4.78 is 9.89. The summed E-state index contributed by atoms with van der Waals surface area (Å²) in [5.74, 6) is -0.382. The fourth-order valence-electron chi connectivity index (χ4n) is 1.76. The topological polar surface area (TPSA) is 93.7 Å². The number of rotatable bonds is 1. The summed E-state index contributed by atoms with van der Waals surface area (Å²) in [5.41, 5.74) is 1.11. The number of anilines is 1. The van der Waals surface area contributed by atoms with Crippen molar-refractivity contribution in [1.82, 2.24) is 5.32 Å². The van der Waals surface area contributed by atoms with E-state index in [0.29, 0.717) is 17.0 Å². The van der Waals surface area contributed by atoms with E-state index >= 15 is 0 Å². The smallest absolute Gasteiger partial charge is 0.419 e. The lowest BCUT2D eigenvalue weighted by Gasteiger charge is -2.17. The monoisotopic (exact) mass is 260 g/mol. The highest BCUT2D eigenvalue weighted by Gasteiger charge is 2.26. The molecule has 0 aliphatic carbocycles. The van der Waals surface area contributed by atoms with Crippen molar-refractivity contribution < 1.29 is 23.9 Å². The van der Waals surface area contributed by atoms with E-state index in [1.165, 1.54) is 6.08 Å². The molecule has 0 saturated carbocycles. The molecule has 2 aliphatic rings. The fourth-order valence-corrected chi connectivity index (χ4v) is 1.76. The van der Waals surface area contributed by atoms with Crippen molar-refractivity contribution in [2.24, 2.45) is 0 Å². The number of hydrogen-bond donors (Lipinski definition) is 2. The van der Waals surface area contributed by atoms with Crippen molar-refractivity contribution in [3.05, 3.63) is 29.5 Å². The molecule has 19 heavy (non-hydrogen) atoms. The van der Waals surface area contributed by atoms with Crippen molar-refractivity contribution in [3.8, 4) is 5.75 Å². The third-order valence-electron chi connectivity index (χ3n) is 2.58. The zero-order chi connectivity index (χ0) is 13.4. The first-order valence-corrected chi connectivity index (χ1v) is 5.43. The van der Waals surface area contributed by atoms with E-state index in [-0.39, 0.29) is 18.3 Å². The van der Waals surface area contributed by atoms with Gasteiger partial charge < -0.3 is 14.8 Å². The summed E-state index contributed by atoms with van der Waals surface area (Å²) in [6.07, 6.45) is 0.604. The van der Waals surface area contributed by atoms with E-state index in [9.17, 15) is 14.4 Å². The average molecular weight is 260 g/mol. The van der Waals surface area contributed by atoms with Crippen molar-refractivity contribution in [3.63, 3.8) is 0 Å². The highest BCUT2D eigenvalue weighted by Crippen LogP contribution is 2.29. The minimum atomic E-state index is -0.800. The van der Waals surface area contributed by atoms with Crippen LogP contribution < -0.4 is 15.4 Å². The summed E-state index contributed by atoms with van der Waals surface area (Å²) >= 11 is 0. The van der Waals surface area contributed by atoms with E-state index in [0.717, 1.165) is 0 Å². The number of ether oxygens (including phenoxy) is 2. The first-order valence-electron chi connectivity index (χ1n) is 5.43. The molecule has 1 saturated heterocycles. The molecule has 2 N–H and O–H groups in total. The number of cyclic esters (lactones) is 1. The molecular formula is C12H8N2O5. The molecule has 2 aliphatic heterocycles. The highest BCUT2D eigenvalue weighted by molar-refractivity contribution is 6.10. The van der Waals surface area contributed by atoms with Crippen LogP contribution in [0.15, 0.2) is 24.0 Å². The molecule has 1 aromatic carbocycles. The predicted octanol–water partition coefficient (Wildman–Crippen LogP) is 0.625. The summed E-state index contributed by atoms with van der Waals surface area (Å²) in [6.45, 7) is -0.0204. The Bertz CT molecular complexity index is 635. The summed E-state index contributed by atoms with van der Waals surface area (Å²) in [6, 6.07) is 4.97. The van der Waals surface area contributed by atoms with E-state index in [1.54, 1.807) is 18.2 Å². The molecule has 1 aromatic rings. The van der Waals surface area contributed by atoms with Gasteiger partial charge in [-0.3, -0.25) is 14.9 Å². The van der Waals surface area contributed by atoms with Crippen molar-refractivity contribution in [2.45, 2.75) is 0 Å². The average Bonchev–Trinajstić information content (AvgIpc) is 2.67. The first-order chi connectivity index (χ1) is 9.11. The van der Waals surface area contributed by atoms with Crippen LogP contribution in [-0.2, 0) is 14.3 Å². The number of carbonyl (C=O) groups excluding carboxylic acids is 3. The maximum atomic E-state index is 11.3. The van der Waals surface area contributed by atoms with Gasteiger partial charge in [0, 0.05) is 0 Å². The number of fused-ring (bicyclic) bond motifs is 1. The molecule has 0 aromatic heterocycles. The molecule has 7 heteroatoms. The summed E-state index contributed by atoms with van der Waals surface area (Å²) in [4.78, 5) is 33.4. The van der Waals surface area contributed by atoms with Crippen LogP contribution in [0.4, 0.5) is 10.5 Å². The van der Waals surface area contributed by atoms with Gasteiger partial charge >= 0.3 is 6.09 Å². The standard InChI is InChI=1S/C12H8N2O5/c15-10-5-18-8-2-1-6(3-7(8)13-10)4-9-11(16)14-12(17)19-9/h1-4H,5H2,(H,13,15)(H,14,16,17)/b9-4-. The van der Waals surface area contributed by atoms with E-state index in [2.05, 4.69) is 10.1 Å². The lowest BCUT2D eigenvalue weighted by molar-refractivity contribution is -0.118. The van der Waals surface area contributed by atoms with Crippen LogP contribution in [0.5, 0.6) is 5.75 Å². The van der Waals surface area contributed by atoms with Crippen LogP contribution >= 0.6 is 0 Å². The van der Waals surface area contributed by atoms with E-state index < -0.39 is 12.0 Å². The van der Waals surface area contributed by atoms with Gasteiger partial charge in [-0.25, -0.2) is 4.79 Å². The molecular weight excluding hydrogens is 252 g/mol. The van der Waals surface area contributed by atoms with Crippen LogP contribution in [0.1, 0.15) is 5.56 Å². The molecule has 0 bridgehead atoms. The number of amides is 3. The molecule has 3 amide bonds. The number of alkyl carbamates (subject to hydrolysis) is 1. The summed E-state index contributed by atoms with van der Waals surface area (Å²) in [7, 11) is 0. The van der Waals surface area contributed by atoms with Gasteiger partial charge in [-0.15, -0.1) is 0 Å². The molecule has 96 valence electrons. The molecule has 0 radical (unpaired) electrons. The van der Waals surface area contributed by atoms with Gasteiger partial charge in [0.1, 0.15) is 5.75 Å². The molecule has 7 nitrogen and oxygen atoms in total. The quantitative estimate of drug-likeness (QED) is 0.722. The number of benzene rings is 1. The van der Waals surface area contributed by atoms with Crippen LogP contribution in [-0.4, -0.2) is 24.5 Å². The zero-order valence-electron chi connectivity index (χ0n) is 9.56. The second-order valence-corrected chi connectivity index (χ2v) is 3.94. The van der Waals surface area contributed by atoms with Crippen molar-refractivity contribution >= 4 is 29.7 Å². The molecule has 0 unspecified atom stereocenters. The molecule has 0 atom stereocenters. The van der Waals surface area contributed by atoms with E-state index in [4.69, 9.17) is 4.74 Å². The second kappa shape index (κ2) is 4.13. The van der Waals surface area contributed by atoms with E-state index in [1.807, 2.05) is 5.32 Å². The zero-order valence-corrected chi connectivity index (χ0v) is 9.56. The lowest BCUT2D eigenvalue weighted by atomic mass is 10.1. The van der Waals surface area contributed by atoms with Gasteiger partial charge in [-0.1, -0.05) is 6.07 Å². The number of imide groups is 1. The maximum absolute atomic E-state index is 11.3. The highest BCUT2D eigenvalue weighted by atomic mass is 16.6. The minimum Gasteiger partial charge on any atom is -0.482 e. The normalized spacial score (nSPS) is 19.4. The van der Waals surface area contributed by atoms with Gasteiger partial charge in [0.15, 0.2) is 12.4 Å². The van der Waals surface area contributed by atoms with Crippen LogP contribution in [0.3, 0.4) is 0 Å². The minimum absolute atomic E-state index is 0.0204. The third-order valence-corrected chi connectivity index (χ3v) is 2.58. The van der Waals surface area contributed by atoms with Gasteiger partial charge in [-0.2, -0.15) is 0 Å². The van der Waals surface area contributed by atoms with Gasteiger partial charge in [0.2, 0.25) is 0 Å². The predicted molar refractivity (Wildman–Crippen MR) is 63.2 cm³/mol. The second-order valence-electron chi connectivity index (χ2n) is 3.94. The first kappa shape index (κ1) is 11.3. The van der Waals surface area contributed by atoms with Crippen LogP contribution in [0, 0.1) is 0 Å². The third kappa shape index (κ3) is 2.13. The Labute approximate surface area is 107 Å². The molecule has 2 heterocycles. The van der Waals surface area contributed by atoms with Crippen molar-refractivity contribution in [1.29, 1.82) is 0 Å². The molecule has 1 fully saturated rings. The molecule has 3 rings (SSSR count). The summed E-state index contributed by atoms with van der Waals surface area (Å²) in [5, 5.41) is 4.64. The van der Waals surface area contributed by atoms with Gasteiger partial charge in [0.25, 0.3) is 11.8 Å². The largest absolute Gasteiger partial charge is 0.482 e. The van der Waals surface area contributed by atoms with Crippen LogP contribution in [0.25, 0.3) is 6.08 Å². The van der Waals surface area contributed by atoms with Crippen LogP contribution in [0.2, 0.25) is 0 Å². The number of hydrogen-bond acceptors (Lipinski definition) is 5. The Morgan fingerprint density at radius 2 is 2.00 bits per heavy atom. The maximum Gasteiger partial charge on any atom is 0.419 e. The lowest BCUT2D eigenvalue weighted by Crippen LogP contribution is -2.25. The SMILES string of the molecule is O=C1COc2ccc(/C=C3\OC(=O)NC3=O)cc2N1. The Balaban J connectivity index is 1.92. The van der Waals surface area contributed by atoms with Gasteiger partial charge in [-0.05, 0) is 23.8 Å². The molecule has 0 spiro atoms. The fraction of sp³-hybridized carbons (Fsp3) is 0.0833. The Hall–Kier alpha value is -2.83. The number of nitrogens with one attached hydrogen (secondary N) is 2. The van der Waals surface area contributed by atoms with Gasteiger partial charge in [0.05, 0.1) is 5.69 Å². The Morgan fingerprint density at radius 3 is 2.74 bits per heavy atom. The van der Waals surface area contributed by atoms with Crippen molar-refractivity contribution in [2.75, 3.05) is 11.9 Å². The Morgan fingerprint density at radius 1 is 1.16 bits per heavy atom. The Kier molecular flexibility index (Phi) is 2.45.